The van der Waals surface area contributed by atoms with Gasteiger partial charge in [-0.2, -0.15) is 0 Å². The number of anilines is 2. The van der Waals surface area contributed by atoms with Crippen molar-refractivity contribution < 1.29 is 9.53 Å². The summed E-state index contributed by atoms with van der Waals surface area (Å²) >= 11 is 0. The van der Waals surface area contributed by atoms with E-state index in [4.69, 9.17) is 10.5 Å². The standard InChI is InChI=1S/C17H22N4O2/c1-11-4-9-15(18)16(21-19-2)14(11)10-20-17(22)12-5-7-13(23-3)8-6-12/h4-9,19,21H,10,18H2,1-3H3,(H,20,22). The van der Waals surface area contributed by atoms with Crippen LogP contribution in [-0.2, 0) is 6.54 Å². The first kappa shape index (κ1) is 16.6. The van der Waals surface area contributed by atoms with E-state index in [0.717, 1.165) is 16.8 Å². The molecule has 0 heterocycles. The summed E-state index contributed by atoms with van der Waals surface area (Å²) in [4.78, 5) is 12.3. The third kappa shape index (κ3) is 3.92. The predicted molar refractivity (Wildman–Crippen MR) is 92.4 cm³/mol. The summed E-state index contributed by atoms with van der Waals surface area (Å²) in [6.45, 7) is 2.36. The number of carbonyl (C=O) groups excluding carboxylic acids is 1. The number of ether oxygens (including phenoxy) is 1. The molecular formula is C17H22N4O2. The zero-order chi connectivity index (χ0) is 16.8. The highest BCUT2D eigenvalue weighted by Crippen LogP contribution is 2.26. The van der Waals surface area contributed by atoms with Crippen LogP contribution in [0.4, 0.5) is 11.4 Å². The lowest BCUT2D eigenvalue weighted by molar-refractivity contribution is 0.0951. The molecule has 5 N–H and O–H groups in total. The second-order valence-corrected chi connectivity index (χ2v) is 5.11. The number of nitrogens with two attached hydrogens (primary N) is 1. The topological polar surface area (TPSA) is 88.4 Å². The molecule has 122 valence electrons. The molecule has 0 aliphatic heterocycles. The Morgan fingerprint density at radius 3 is 2.48 bits per heavy atom. The number of methoxy groups -OCH3 is 1. The number of rotatable bonds is 6. The highest BCUT2D eigenvalue weighted by molar-refractivity contribution is 5.94. The number of nitrogen functional groups attached to an aromatic ring is 1. The van der Waals surface area contributed by atoms with Crippen molar-refractivity contribution in [3.05, 3.63) is 53.1 Å². The van der Waals surface area contributed by atoms with Crippen LogP contribution in [0.1, 0.15) is 21.5 Å². The van der Waals surface area contributed by atoms with Crippen molar-refractivity contribution in [2.24, 2.45) is 0 Å². The van der Waals surface area contributed by atoms with Gasteiger partial charge in [0.05, 0.1) is 18.5 Å². The molecule has 2 aromatic carbocycles. The van der Waals surface area contributed by atoms with E-state index in [0.29, 0.717) is 23.5 Å². The van der Waals surface area contributed by atoms with Crippen LogP contribution >= 0.6 is 0 Å². The summed E-state index contributed by atoms with van der Waals surface area (Å²) < 4.78 is 5.09. The number of hydrazine groups is 1. The SMILES string of the molecule is CNNc1c(N)ccc(C)c1CNC(=O)c1ccc(OC)cc1. The molecule has 0 unspecified atom stereocenters. The number of carbonyl (C=O) groups is 1. The molecule has 0 aliphatic rings. The van der Waals surface area contributed by atoms with Gasteiger partial charge in [0, 0.05) is 24.7 Å². The summed E-state index contributed by atoms with van der Waals surface area (Å²) in [5.74, 6) is 0.568. The second-order valence-electron chi connectivity index (χ2n) is 5.11. The highest BCUT2D eigenvalue weighted by atomic mass is 16.5. The van der Waals surface area contributed by atoms with Crippen molar-refractivity contribution in [1.82, 2.24) is 10.7 Å². The summed E-state index contributed by atoms with van der Waals surface area (Å²) in [7, 11) is 3.36. The predicted octanol–water partition coefficient (Wildman–Crippen LogP) is 2.06. The number of nitrogens with one attached hydrogen (secondary N) is 3. The van der Waals surface area contributed by atoms with Gasteiger partial charge in [0.25, 0.3) is 5.91 Å². The minimum Gasteiger partial charge on any atom is -0.497 e. The molecule has 0 fully saturated rings. The van der Waals surface area contributed by atoms with E-state index in [1.165, 1.54) is 0 Å². The highest BCUT2D eigenvalue weighted by Gasteiger charge is 2.11. The minimum atomic E-state index is -0.148. The number of hydrogen-bond donors (Lipinski definition) is 4. The van der Waals surface area contributed by atoms with Crippen LogP contribution in [0.2, 0.25) is 0 Å². The molecule has 0 bridgehead atoms. The van der Waals surface area contributed by atoms with Crippen molar-refractivity contribution in [2.45, 2.75) is 13.5 Å². The van der Waals surface area contributed by atoms with E-state index in [1.807, 2.05) is 19.1 Å². The normalized spacial score (nSPS) is 10.2. The first-order valence-electron chi connectivity index (χ1n) is 7.29. The van der Waals surface area contributed by atoms with Gasteiger partial charge in [-0.05, 0) is 42.8 Å². The molecule has 0 radical (unpaired) electrons. The van der Waals surface area contributed by atoms with Crippen LogP contribution in [0.15, 0.2) is 36.4 Å². The maximum Gasteiger partial charge on any atom is 0.251 e. The average molecular weight is 314 g/mol. The molecule has 6 nitrogen and oxygen atoms in total. The van der Waals surface area contributed by atoms with Crippen LogP contribution < -0.4 is 26.6 Å². The van der Waals surface area contributed by atoms with Crippen molar-refractivity contribution in [1.29, 1.82) is 0 Å². The van der Waals surface area contributed by atoms with Gasteiger partial charge >= 0.3 is 0 Å². The van der Waals surface area contributed by atoms with Gasteiger partial charge in [-0.15, -0.1) is 0 Å². The van der Waals surface area contributed by atoms with Crippen LogP contribution in [0.5, 0.6) is 5.75 Å². The van der Waals surface area contributed by atoms with E-state index in [9.17, 15) is 4.79 Å². The maximum absolute atomic E-state index is 12.3. The van der Waals surface area contributed by atoms with Crippen LogP contribution in [0.3, 0.4) is 0 Å². The molecular weight excluding hydrogens is 292 g/mol. The smallest absolute Gasteiger partial charge is 0.251 e. The molecule has 0 aromatic heterocycles. The fraction of sp³-hybridized carbons (Fsp3) is 0.235. The Hall–Kier alpha value is -2.73. The van der Waals surface area contributed by atoms with Gasteiger partial charge < -0.3 is 21.2 Å². The first-order chi connectivity index (χ1) is 11.1. The van der Waals surface area contributed by atoms with E-state index in [2.05, 4.69) is 16.2 Å². The maximum atomic E-state index is 12.3. The number of aryl methyl sites for hydroxylation is 1. The molecule has 6 heteroatoms. The summed E-state index contributed by atoms with van der Waals surface area (Å²) in [5.41, 5.74) is 15.9. The molecule has 2 rings (SSSR count). The molecule has 0 atom stereocenters. The van der Waals surface area contributed by atoms with E-state index < -0.39 is 0 Å². The molecule has 0 saturated heterocycles. The Morgan fingerprint density at radius 1 is 1.17 bits per heavy atom. The van der Waals surface area contributed by atoms with Gasteiger partial charge in [0.2, 0.25) is 0 Å². The largest absolute Gasteiger partial charge is 0.497 e. The van der Waals surface area contributed by atoms with Gasteiger partial charge in [-0.25, -0.2) is 5.43 Å². The van der Waals surface area contributed by atoms with Crippen molar-refractivity contribution >= 4 is 17.3 Å². The lowest BCUT2D eigenvalue weighted by Gasteiger charge is -2.17. The Balaban J connectivity index is 2.13. The Morgan fingerprint density at radius 2 is 1.87 bits per heavy atom. The summed E-state index contributed by atoms with van der Waals surface area (Å²) in [6, 6.07) is 10.7. The van der Waals surface area contributed by atoms with Gasteiger partial charge in [-0.3, -0.25) is 4.79 Å². The minimum absolute atomic E-state index is 0.148. The van der Waals surface area contributed by atoms with Gasteiger partial charge in [0.1, 0.15) is 5.75 Å². The van der Waals surface area contributed by atoms with Crippen molar-refractivity contribution in [3.8, 4) is 5.75 Å². The molecule has 0 spiro atoms. The average Bonchev–Trinajstić information content (AvgIpc) is 2.57. The van der Waals surface area contributed by atoms with Crippen LogP contribution in [0, 0.1) is 6.92 Å². The number of benzene rings is 2. The zero-order valence-corrected chi connectivity index (χ0v) is 13.6. The monoisotopic (exact) mass is 314 g/mol. The van der Waals surface area contributed by atoms with Crippen molar-refractivity contribution in [2.75, 3.05) is 25.3 Å². The fourth-order valence-electron chi connectivity index (χ4n) is 2.28. The third-order valence-electron chi connectivity index (χ3n) is 3.61. The van der Waals surface area contributed by atoms with Crippen LogP contribution in [-0.4, -0.2) is 20.1 Å². The zero-order valence-electron chi connectivity index (χ0n) is 13.6. The third-order valence-corrected chi connectivity index (χ3v) is 3.61. The second kappa shape index (κ2) is 7.51. The molecule has 2 aromatic rings. The quantitative estimate of drug-likeness (QED) is 0.484. The number of amides is 1. The Kier molecular flexibility index (Phi) is 5.43. The van der Waals surface area contributed by atoms with Gasteiger partial charge in [0.15, 0.2) is 0 Å². The summed E-state index contributed by atoms with van der Waals surface area (Å²) in [5, 5.41) is 2.92. The van der Waals surface area contributed by atoms with E-state index in [1.54, 1.807) is 38.4 Å². The van der Waals surface area contributed by atoms with E-state index >= 15 is 0 Å². The van der Waals surface area contributed by atoms with Gasteiger partial charge in [-0.1, -0.05) is 6.07 Å². The van der Waals surface area contributed by atoms with Crippen LogP contribution in [0.25, 0.3) is 0 Å². The Bertz CT molecular complexity index is 684. The molecule has 0 aliphatic carbocycles. The molecule has 0 saturated carbocycles. The lowest BCUT2D eigenvalue weighted by Crippen LogP contribution is -2.25. The Labute approximate surface area is 136 Å². The molecule has 23 heavy (non-hydrogen) atoms. The number of hydrogen-bond acceptors (Lipinski definition) is 5. The summed E-state index contributed by atoms with van der Waals surface area (Å²) in [6.07, 6.45) is 0. The fourth-order valence-corrected chi connectivity index (χ4v) is 2.28. The van der Waals surface area contributed by atoms with Crippen molar-refractivity contribution in [3.63, 3.8) is 0 Å². The first-order valence-corrected chi connectivity index (χ1v) is 7.29. The molecule has 1 amide bonds. The van der Waals surface area contributed by atoms with E-state index in [-0.39, 0.29) is 5.91 Å². The lowest BCUT2D eigenvalue weighted by atomic mass is 10.0.